The Labute approximate surface area is 124 Å². The highest BCUT2D eigenvalue weighted by molar-refractivity contribution is 7.80. The van der Waals surface area contributed by atoms with Crippen LogP contribution in [0.5, 0.6) is 0 Å². The summed E-state index contributed by atoms with van der Waals surface area (Å²) in [5, 5.41) is 13.1. The Morgan fingerprint density at radius 2 is 1.75 bits per heavy atom. The molecule has 0 aliphatic heterocycles. The molecule has 0 fully saturated rings. The van der Waals surface area contributed by atoms with Crippen molar-refractivity contribution in [3.8, 4) is 0 Å². The summed E-state index contributed by atoms with van der Waals surface area (Å²) in [6.07, 6.45) is 0. The molecule has 2 aromatic rings. The summed E-state index contributed by atoms with van der Waals surface area (Å²) < 4.78 is 0. The van der Waals surface area contributed by atoms with Gasteiger partial charge in [-0.05, 0) is 42.9 Å². The molecule has 3 nitrogen and oxygen atoms in total. The minimum atomic E-state index is 0.0461. The highest BCUT2D eigenvalue weighted by Crippen LogP contribution is 2.18. The summed E-state index contributed by atoms with van der Waals surface area (Å²) in [5.41, 5.74) is 3.08. The van der Waals surface area contributed by atoms with Crippen molar-refractivity contribution in [2.75, 3.05) is 23.4 Å². The van der Waals surface area contributed by atoms with E-state index in [1.807, 2.05) is 66.4 Å². The number of nitrogens with zero attached hydrogens (tertiary/aromatic N) is 1. The predicted octanol–water partition coefficient (Wildman–Crippen LogP) is 3.19. The molecule has 0 aliphatic rings. The lowest BCUT2D eigenvalue weighted by Crippen LogP contribution is -2.37. The smallest absolute Gasteiger partial charge is 0.178 e. The van der Waals surface area contributed by atoms with Gasteiger partial charge in [-0.15, -0.1) is 0 Å². The van der Waals surface area contributed by atoms with Gasteiger partial charge in [0.15, 0.2) is 5.11 Å². The van der Waals surface area contributed by atoms with E-state index < -0.39 is 0 Å². The van der Waals surface area contributed by atoms with E-state index in [-0.39, 0.29) is 6.61 Å². The van der Waals surface area contributed by atoms with Gasteiger partial charge in [0, 0.05) is 17.9 Å². The zero-order valence-electron chi connectivity index (χ0n) is 11.4. The number of anilines is 2. The van der Waals surface area contributed by atoms with Gasteiger partial charge < -0.3 is 15.3 Å². The molecule has 0 saturated carbocycles. The number of hydrogen-bond donors (Lipinski definition) is 2. The van der Waals surface area contributed by atoms with Gasteiger partial charge >= 0.3 is 0 Å². The first-order valence-electron chi connectivity index (χ1n) is 6.52. The normalized spacial score (nSPS) is 10.1. The van der Waals surface area contributed by atoms with E-state index in [0.29, 0.717) is 11.7 Å². The van der Waals surface area contributed by atoms with E-state index in [4.69, 9.17) is 12.2 Å². The second-order valence-electron chi connectivity index (χ2n) is 4.46. The second kappa shape index (κ2) is 7.03. The minimum absolute atomic E-state index is 0.0461. The molecule has 104 valence electrons. The number of hydrogen-bond acceptors (Lipinski definition) is 2. The van der Waals surface area contributed by atoms with Crippen molar-refractivity contribution in [1.29, 1.82) is 0 Å². The van der Waals surface area contributed by atoms with Crippen LogP contribution in [0.2, 0.25) is 0 Å². The molecule has 0 bridgehead atoms. The summed E-state index contributed by atoms with van der Waals surface area (Å²) in [6.45, 7) is 2.54. The van der Waals surface area contributed by atoms with Crippen LogP contribution in [0.1, 0.15) is 5.56 Å². The van der Waals surface area contributed by atoms with Crippen LogP contribution in [-0.2, 0) is 0 Å². The molecule has 2 rings (SSSR count). The zero-order valence-corrected chi connectivity index (χ0v) is 12.2. The monoisotopic (exact) mass is 286 g/mol. The standard InChI is InChI=1S/C16H18N2OS/c1-13-7-5-6-10-15(13)17-16(20)18(11-12-19)14-8-3-2-4-9-14/h2-10,19H,11-12H2,1H3,(H,17,20). The Balaban J connectivity index is 2.18. The molecule has 0 atom stereocenters. The van der Waals surface area contributed by atoms with Gasteiger partial charge in [-0.1, -0.05) is 36.4 Å². The number of aliphatic hydroxyl groups is 1. The highest BCUT2D eigenvalue weighted by Gasteiger charge is 2.12. The third-order valence-electron chi connectivity index (χ3n) is 3.02. The fraction of sp³-hybridized carbons (Fsp3) is 0.188. The molecule has 0 saturated heterocycles. The molecule has 2 aromatic carbocycles. The molecule has 4 heteroatoms. The number of aryl methyl sites for hydroxylation is 1. The second-order valence-corrected chi connectivity index (χ2v) is 4.84. The third kappa shape index (κ3) is 3.56. The maximum absolute atomic E-state index is 9.24. The maximum Gasteiger partial charge on any atom is 0.178 e. The number of para-hydroxylation sites is 2. The van der Waals surface area contributed by atoms with Gasteiger partial charge in [0.1, 0.15) is 0 Å². The van der Waals surface area contributed by atoms with E-state index in [9.17, 15) is 5.11 Å². The van der Waals surface area contributed by atoms with Gasteiger partial charge in [-0.2, -0.15) is 0 Å². The molecule has 0 amide bonds. The topological polar surface area (TPSA) is 35.5 Å². The lowest BCUT2D eigenvalue weighted by Gasteiger charge is -2.25. The first-order valence-corrected chi connectivity index (χ1v) is 6.93. The quantitative estimate of drug-likeness (QED) is 0.846. The molecule has 0 heterocycles. The molecule has 0 aromatic heterocycles. The largest absolute Gasteiger partial charge is 0.395 e. The lowest BCUT2D eigenvalue weighted by molar-refractivity contribution is 0.306. The van der Waals surface area contributed by atoms with Crippen molar-refractivity contribution in [3.05, 3.63) is 60.2 Å². The van der Waals surface area contributed by atoms with Crippen LogP contribution in [0.4, 0.5) is 11.4 Å². The third-order valence-corrected chi connectivity index (χ3v) is 3.35. The van der Waals surface area contributed by atoms with Gasteiger partial charge in [0.2, 0.25) is 0 Å². The molecule has 0 radical (unpaired) electrons. The van der Waals surface area contributed by atoms with E-state index in [1.165, 1.54) is 0 Å². The van der Waals surface area contributed by atoms with Crippen LogP contribution >= 0.6 is 12.2 Å². The molecular weight excluding hydrogens is 268 g/mol. The van der Waals surface area contributed by atoms with E-state index in [2.05, 4.69) is 5.32 Å². The van der Waals surface area contributed by atoms with Crippen molar-refractivity contribution in [2.45, 2.75) is 6.92 Å². The summed E-state index contributed by atoms with van der Waals surface area (Å²) in [4.78, 5) is 1.89. The first-order chi connectivity index (χ1) is 9.72. The number of aliphatic hydroxyl groups excluding tert-OH is 1. The van der Waals surface area contributed by atoms with Crippen molar-refractivity contribution >= 4 is 28.7 Å². The maximum atomic E-state index is 9.24. The summed E-state index contributed by atoms with van der Waals surface area (Å²) in [7, 11) is 0. The molecule has 2 N–H and O–H groups in total. The molecular formula is C16H18N2OS. The molecule has 0 unspecified atom stereocenters. The highest BCUT2D eigenvalue weighted by atomic mass is 32.1. The van der Waals surface area contributed by atoms with Crippen LogP contribution in [-0.4, -0.2) is 23.4 Å². The lowest BCUT2D eigenvalue weighted by atomic mass is 10.2. The average molecular weight is 286 g/mol. The van der Waals surface area contributed by atoms with Crippen molar-refractivity contribution < 1.29 is 5.11 Å². The van der Waals surface area contributed by atoms with Gasteiger partial charge in [-0.3, -0.25) is 0 Å². The molecule has 0 spiro atoms. The predicted molar refractivity (Wildman–Crippen MR) is 88.3 cm³/mol. The number of thiocarbonyl (C=S) groups is 1. The minimum Gasteiger partial charge on any atom is -0.395 e. The Bertz CT molecular complexity index is 572. The van der Waals surface area contributed by atoms with Crippen molar-refractivity contribution in [3.63, 3.8) is 0 Å². The van der Waals surface area contributed by atoms with Crippen LogP contribution in [0.15, 0.2) is 54.6 Å². The van der Waals surface area contributed by atoms with Crippen molar-refractivity contribution in [2.24, 2.45) is 0 Å². The van der Waals surface area contributed by atoms with Crippen molar-refractivity contribution in [1.82, 2.24) is 0 Å². The van der Waals surface area contributed by atoms with E-state index in [0.717, 1.165) is 16.9 Å². The van der Waals surface area contributed by atoms with Gasteiger partial charge in [0.05, 0.1) is 6.61 Å². The molecule has 20 heavy (non-hydrogen) atoms. The Morgan fingerprint density at radius 1 is 1.10 bits per heavy atom. The average Bonchev–Trinajstić information content (AvgIpc) is 2.48. The Morgan fingerprint density at radius 3 is 2.40 bits per heavy atom. The Kier molecular flexibility index (Phi) is 5.09. The number of rotatable bonds is 4. The van der Waals surface area contributed by atoms with Gasteiger partial charge in [-0.25, -0.2) is 0 Å². The van der Waals surface area contributed by atoms with E-state index >= 15 is 0 Å². The van der Waals surface area contributed by atoms with Crippen LogP contribution in [0.3, 0.4) is 0 Å². The molecule has 0 aliphatic carbocycles. The van der Waals surface area contributed by atoms with E-state index in [1.54, 1.807) is 0 Å². The van der Waals surface area contributed by atoms with Crippen LogP contribution in [0.25, 0.3) is 0 Å². The Hall–Kier alpha value is -1.91. The summed E-state index contributed by atoms with van der Waals surface area (Å²) >= 11 is 5.47. The fourth-order valence-corrected chi connectivity index (χ4v) is 2.26. The summed E-state index contributed by atoms with van der Waals surface area (Å²) in [5.74, 6) is 0. The zero-order chi connectivity index (χ0) is 14.4. The van der Waals surface area contributed by atoms with Gasteiger partial charge in [0.25, 0.3) is 0 Å². The van der Waals surface area contributed by atoms with Crippen LogP contribution < -0.4 is 10.2 Å². The SMILES string of the molecule is Cc1ccccc1NC(=S)N(CCO)c1ccccc1. The summed E-state index contributed by atoms with van der Waals surface area (Å²) in [6, 6.07) is 17.8. The van der Waals surface area contributed by atoms with Crippen LogP contribution in [0, 0.1) is 6.92 Å². The fourth-order valence-electron chi connectivity index (χ4n) is 1.95. The first kappa shape index (κ1) is 14.5. The number of nitrogens with one attached hydrogen (secondary N) is 1. The number of benzene rings is 2.